The molecule has 50 heavy (non-hydrogen) atoms. The number of anilines is 1. The van der Waals surface area contributed by atoms with E-state index in [-0.39, 0.29) is 24.3 Å². The van der Waals surface area contributed by atoms with E-state index >= 15 is 0 Å². The van der Waals surface area contributed by atoms with Crippen LogP contribution in [-0.2, 0) is 22.4 Å². The molecule has 5 rings (SSSR count). The Balaban J connectivity index is 1.08. The zero-order chi connectivity index (χ0) is 35.3. The number of ether oxygens (including phenoxy) is 2. The number of aliphatic hydroxyl groups is 1. The molecule has 2 unspecified atom stereocenters. The molecule has 11 nitrogen and oxygen atoms in total. The Labute approximate surface area is 290 Å². The Kier molecular flexibility index (Phi) is 12.6. The van der Waals surface area contributed by atoms with Gasteiger partial charge in [-0.1, -0.05) is 62.0 Å². The van der Waals surface area contributed by atoms with Crippen LogP contribution in [0.4, 0.5) is 5.69 Å². The van der Waals surface area contributed by atoms with Crippen molar-refractivity contribution in [2.45, 2.75) is 64.2 Å². The molecule has 0 fully saturated rings. The van der Waals surface area contributed by atoms with E-state index in [1.165, 1.54) is 31.4 Å². The lowest BCUT2D eigenvalue weighted by atomic mass is 10.0. The van der Waals surface area contributed by atoms with Crippen LogP contribution >= 0.6 is 0 Å². The Hall–Kier alpha value is -5.68. The highest BCUT2D eigenvalue weighted by atomic mass is 16.6. The fourth-order valence-corrected chi connectivity index (χ4v) is 5.33. The van der Waals surface area contributed by atoms with E-state index in [9.17, 15) is 24.6 Å². The number of aromatic nitrogens is 1. The maximum atomic E-state index is 12.9. The summed E-state index contributed by atoms with van der Waals surface area (Å²) in [5.41, 5.74) is 3.03. The van der Waals surface area contributed by atoms with E-state index in [1.807, 2.05) is 18.2 Å². The van der Waals surface area contributed by atoms with Crippen molar-refractivity contribution in [1.82, 2.24) is 10.5 Å². The van der Waals surface area contributed by atoms with Gasteiger partial charge in [0, 0.05) is 28.6 Å². The van der Waals surface area contributed by atoms with Crippen molar-refractivity contribution in [2.24, 2.45) is 0 Å². The van der Waals surface area contributed by atoms with Crippen molar-refractivity contribution >= 4 is 34.4 Å². The second kappa shape index (κ2) is 17.6. The molecule has 0 saturated heterocycles. The van der Waals surface area contributed by atoms with Gasteiger partial charge in [-0.3, -0.25) is 9.59 Å². The first-order valence-corrected chi connectivity index (χ1v) is 16.7. The molecular weight excluding hydrogens is 638 g/mol. The van der Waals surface area contributed by atoms with Gasteiger partial charge >= 0.3 is 5.97 Å². The number of para-hydroxylation sites is 1. The Morgan fingerprint density at radius 1 is 0.840 bits per heavy atom. The number of carbonyl (C=O) groups excluding carboxylic acids is 2. The van der Waals surface area contributed by atoms with E-state index < -0.39 is 24.2 Å². The van der Waals surface area contributed by atoms with Crippen LogP contribution in [0.2, 0.25) is 0 Å². The number of nitrogens with zero attached hydrogens (tertiary/aromatic N) is 1. The Bertz CT molecular complexity index is 1850. The van der Waals surface area contributed by atoms with E-state index in [1.54, 1.807) is 66.7 Å². The largest absolute Gasteiger partial charge is 0.494 e. The highest BCUT2D eigenvalue weighted by Gasteiger charge is 2.22. The molecule has 2 atom stereocenters. The van der Waals surface area contributed by atoms with Crippen LogP contribution in [0.25, 0.3) is 11.0 Å². The molecule has 0 radical (unpaired) electrons. The first-order chi connectivity index (χ1) is 24.3. The summed E-state index contributed by atoms with van der Waals surface area (Å²) < 4.78 is 16.7. The maximum Gasteiger partial charge on any atom is 0.326 e. The number of benzene rings is 4. The molecule has 0 aliphatic heterocycles. The van der Waals surface area contributed by atoms with E-state index in [0.717, 1.165) is 24.0 Å². The summed E-state index contributed by atoms with van der Waals surface area (Å²) in [5.74, 6) is -0.944. The van der Waals surface area contributed by atoms with Crippen LogP contribution in [0.15, 0.2) is 102 Å². The summed E-state index contributed by atoms with van der Waals surface area (Å²) in [5, 5.41) is 30.5. The number of aliphatic carboxylic acids is 1. The highest BCUT2D eigenvalue weighted by molar-refractivity contribution is 5.98. The van der Waals surface area contributed by atoms with Crippen molar-refractivity contribution in [3.05, 3.63) is 119 Å². The predicted molar refractivity (Wildman–Crippen MR) is 188 cm³/mol. The van der Waals surface area contributed by atoms with E-state index in [4.69, 9.17) is 14.0 Å². The number of carbonyl (C=O) groups is 3. The van der Waals surface area contributed by atoms with Crippen molar-refractivity contribution in [3.63, 3.8) is 0 Å². The van der Waals surface area contributed by atoms with Crippen LogP contribution in [-0.4, -0.2) is 45.8 Å². The standard InChI is InChI=1S/C39H41N3O8/c1-2-3-4-5-8-23-48-30-21-15-28(16-22-30)39(47)49-31-19-11-26(12-20-31)24-34(38(45)46)41-37(44)27-13-17-29(18-14-27)40-36(43)25-33-32-9-6-7-10-35(32)50-42-33/h6-7,9-22,34,39,47H,2-5,8,23-25H2,1H3,(H,40,43)(H,41,44)(H,45,46). The predicted octanol–water partition coefficient (Wildman–Crippen LogP) is 6.85. The summed E-state index contributed by atoms with van der Waals surface area (Å²) in [7, 11) is 0. The topological polar surface area (TPSA) is 160 Å². The molecule has 260 valence electrons. The third-order valence-corrected chi connectivity index (χ3v) is 8.11. The van der Waals surface area contributed by atoms with Gasteiger partial charge in [-0.25, -0.2) is 4.79 Å². The van der Waals surface area contributed by atoms with Crippen molar-refractivity contribution in [2.75, 3.05) is 11.9 Å². The van der Waals surface area contributed by atoms with Gasteiger partial charge in [0.2, 0.25) is 12.2 Å². The molecule has 4 aromatic carbocycles. The number of carboxylic acids is 1. The van der Waals surface area contributed by atoms with Crippen LogP contribution in [0, 0.1) is 0 Å². The molecule has 0 saturated carbocycles. The van der Waals surface area contributed by atoms with Crippen LogP contribution in [0.5, 0.6) is 11.5 Å². The Morgan fingerprint density at radius 2 is 1.54 bits per heavy atom. The minimum atomic E-state index is -1.21. The second-order valence-electron chi connectivity index (χ2n) is 11.9. The van der Waals surface area contributed by atoms with Gasteiger partial charge in [-0.2, -0.15) is 0 Å². The molecule has 2 amide bonds. The first-order valence-electron chi connectivity index (χ1n) is 16.7. The number of amides is 2. The number of unbranched alkanes of at least 4 members (excludes halogenated alkanes) is 4. The van der Waals surface area contributed by atoms with Crippen molar-refractivity contribution in [1.29, 1.82) is 0 Å². The number of fused-ring (bicyclic) bond motifs is 1. The quantitative estimate of drug-likeness (QED) is 0.0573. The monoisotopic (exact) mass is 679 g/mol. The van der Waals surface area contributed by atoms with Gasteiger partial charge in [-0.15, -0.1) is 0 Å². The SMILES string of the molecule is CCCCCCCOc1ccc(C(O)Oc2ccc(CC(NC(=O)c3ccc(NC(=O)Cc4noc5ccccc45)cc3)C(=O)O)cc2)cc1. The van der Waals surface area contributed by atoms with Crippen LogP contribution < -0.4 is 20.1 Å². The smallest absolute Gasteiger partial charge is 0.326 e. The fraction of sp³-hybridized carbons (Fsp3) is 0.282. The van der Waals surface area contributed by atoms with Crippen LogP contribution in [0.1, 0.15) is 72.5 Å². The number of carboxylic acid groups (broad SMARTS) is 1. The number of hydrogen-bond donors (Lipinski definition) is 4. The molecule has 0 spiro atoms. The Morgan fingerprint density at radius 3 is 2.26 bits per heavy atom. The third-order valence-electron chi connectivity index (χ3n) is 8.11. The third kappa shape index (κ3) is 10.2. The first kappa shape index (κ1) is 35.6. The lowest BCUT2D eigenvalue weighted by Gasteiger charge is -2.17. The zero-order valence-corrected chi connectivity index (χ0v) is 27.8. The van der Waals surface area contributed by atoms with Gasteiger partial charge < -0.3 is 34.8 Å². The number of aliphatic hydroxyl groups excluding tert-OH is 1. The molecule has 1 aromatic heterocycles. The van der Waals surface area contributed by atoms with E-state index in [0.29, 0.717) is 40.4 Å². The molecular formula is C39H41N3O8. The zero-order valence-electron chi connectivity index (χ0n) is 27.8. The molecule has 11 heteroatoms. The lowest BCUT2D eigenvalue weighted by molar-refractivity contribution is -0.139. The average molecular weight is 680 g/mol. The molecule has 0 aliphatic carbocycles. The summed E-state index contributed by atoms with van der Waals surface area (Å²) in [4.78, 5) is 37.5. The van der Waals surface area contributed by atoms with E-state index in [2.05, 4.69) is 22.7 Å². The van der Waals surface area contributed by atoms with Gasteiger partial charge in [0.15, 0.2) is 5.58 Å². The van der Waals surface area contributed by atoms with Gasteiger partial charge in [0.05, 0.1) is 13.0 Å². The molecule has 5 aromatic rings. The fourth-order valence-electron chi connectivity index (χ4n) is 5.33. The van der Waals surface area contributed by atoms with Crippen LogP contribution in [0.3, 0.4) is 0 Å². The number of hydrogen-bond acceptors (Lipinski definition) is 8. The summed E-state index contributed by atoms with van der Waals surface area (Å²) in [6.45, 7) is 2.84. The highest BCUT2D eigenvalue weighted by Crippen LogP contribution is 2.24. The van der Waals surface area contributed by atoms with Gasteiger partial charge in [0.1, 0.15) is 23.2 Å². The van der Waals surface area contributed by atoms with Gasteiger partial charge in [0.25, 0.3) is 5.91 Å². The number of nitrogens with one attached hydrogen (secondary N) is 2. The maximum absolute atomic E-state index is 12.9. The normalized spacial score (nSPS) is 12.2. The van der Waals surface area contributed by atoms with Crippen molar-refractivity contribution < 1.29 is 38.6 Å². The molecule has 0 bridgehead atoms. The minimum absolute atomic E-state index is 0.0102. The second-order valence-corrected chi connectivity index (χ2v) is 11.9. The molecule has 0 aliphatic rings. The minimum Gasteiger partial charge on any atom is -0.494 e. The van der Waals surface area contributed by atoms with Gasteiger partial charge in [-0.05, 0) is 84.8 Å². The van der Waals surface area contributed by atoms with Crippen molar-refractivity contribution in [3.8, 4) is 11.5 Å². The molecule has 1 heterocycles. The number of rotatable bonds is 18. The lowest BCUT2D eigenvalue weighted by Crippen LogP contribution is -2.42. The average Bonchev–Trinajstić information content (AvgIpc) is 3.53. The summed E-state index contributed by atoms with van der Waals surface area (Å²) in [6, 6.07) is 25.9. The summed E-state index contributed by atoms with van der Waals surface area (Å²) in [6.07, 6.45) is 4.64. The summed E-state index contributed by atoms with van der Waals surface area (Å²) >= 11 is 0. The molecule has 4 N–H and O–H groups in total.